The van der Waals surface area contributed by atoms with Gasteiger partial charge in [0.2, 0.25) is 0 Å². The van der Waals surface area contributed by atoms with Crippen molar-refractivity contribution in [3.63, 3.8) is 0 Å². The summed E-state index contributed by atoms with van der Waals surface area (Å²) in [5, 5.41) is 6.82. The third kappa shape index (κ3) is 3.04. The minimum Gasteiger partial charge on any atom is -0.322 e. The highest BCUT2D eigenvalue weighted by Crippen LogP contribution is 2.28. The van der Waals surface area contributed by atoms with E-state index in [4.69, 9.17) is 5.73 Å². The zero-order valence-corrected chi connectivity index (χ0v) is 15.9. The maximum atomic E-state index is 12.2. The first-order valence-corrected chi connectivity index (χ1v) is 9.25. The normalized spacial score (nSPS) is 13.9. The Morgan fingerprint density at radius 3 is 2.74 bits per heavy atom. The van der Waals surface area contributed by atoms with Crippen molar-refractivity contribution in [1.82, 2.24) is 14.8 Å². The maximum Gasteiger partial charge on any atom is 0.251 e. The van der Waals surface area contributed by atoms with E-state index in [1.165, 1.54) is 0 Å². The molecule has 0 saturated carbocycles. The first kappa shape index (κ1) is 17.5. The molecular formula is C22H24N4O. The number of hydrogen-bond donors (Lipinski definition) is 2. The van der Waals surface area contributed by atoms with Crippen LogP contribution in [-0.2, 0) is 25.4 Å². The van der Waals surface area contributed by atoms with Gasteiger partial charge in [0, 0.05) is 35.5 Å². The Morgan fingerprint density at radius 2 is 1.96 bits per heavy atom. The summed E-state index contributed by atoms with van der Waals surface area (Å²) < 4.78 is 1.89. The van der Waals surface area contributed by atoms with E-state index in [-0.39, 0.29) is 5.56 Å². The molecule has 27 heavy (non-hydrogen) atoms. The topological polar surface area (TPSA) is 76.7 Å². The minimum atomic E-state index is -0.606. The highest BCUT2D eigenvalue weighted by atomic mass is 16.1. The van der Waals surface area contributed by atoms with Gasteiger partial charge in [-0.15, -0.1) is 0 Å². The SMILES string of the molecule is CCc1cc2ccc(C(C)(N)Cc3nn(C)c4ccccc34)cc2[nH]c1=O. The highest BCUT2D eigenvalue weighted by molar-refractivity contribution is 5.82. The predicted octanol–water partition coefficient (Wildman–Crippen LogP) is 3.39. The number of pyridine rings is 1. The molecule has 4 aromatic rings. The van der Waals surface area contributed by atoms with Crippen molar-refractivity contribution < 1.29 is 0 Å². The third-order valence-electron chi connectivity index (χ3n) is 5.33. The molecule has 0 aliphatic heterocycles. The lowest BCUT2D eigenvalue weighted by Gasteiger charge is -2.25. The van der Waals surface area contributed by atoms with Crippen LogP contribution in [0.15, 0.2) is 53.3 Å². The highest BCUT2D eigenvalue weighted by Gasteiger charge is 2.25. The summed E-state index contributed by atoms with van der Waals surface area (Å²) in [5.74, 6) is 0. The summed E-state index contributed by atoms with van der Waals surface area (Å²) in [6.07, 6.45) is 1.32. The van der Waals surface area contributed by atoms with Crippen molar-refractivity contribution in [1.29, 1.82) is 0 Å². The summed E-state index contributed by atoms with van der Waals surface area (Å²) in [6.45, 7) is 4.00. The second kappa shape index (κ2) is 6.35. The quantitative estimate of drug-likeness (QED) is 0.586. The van der Waals surface area contributed by atoms with Gasteiger partial charge >= 0.3 is 0 Å². The van der Waals surface area contributed by atoms with Crippen LogP contribution in [0.25, 0.3) is 21.8 Å². The Kier molecular flexibility index (Phi) is 4.12. The van der Waals surface area contributed by atoms with E-state index in [0.29, 0.717) is 12.8 Å². The number of aromatic amines is 1. The molecule has 5 nitrogen and oxygen atoms in total. The summed E-state index contributed by atoms with van der Waals surface area (Å²) in [7, 11) is 1.95. The molecule has 0 aliphatic carbocycles. The largest absolute Gasteiger partial charge is 0.322 e. The van der Waals surface area contributed by atoms with E-state index in [2.05, 4.69) is 22.2 Å². The Hall–Kier alpha value is -2.92. The van der Waals surface area contributed by atoms with E-state index < -0.39 is 5.54 Å². The van der Waals surface area contributed by atoms with E-state index >= 15 is 0 Å². The van der Waals surface area contributed by atoms with Gasteiger partial charge in [0.05, 0.1) is 11.2 Å². The number of aromatic nitrogens is 3. The molecule has 1 unspecified atom stereocenters. The Morgan fingerprint density at radius 1 is 1.19 bits per heavy atom. The molecule has 2 aromatic heterocycles. The molecule has 4 rings (SSSR count). The van der Waals surface area contributed by atoms with Gasteiger partial charge < -0.3 is 10.7 Å². The van der Waals surface area contributed by atoms with Crippen molar-refractivity contribution >= 4 is 21.8 Å². The van der Waals surface area contributed by atoms with Crippen molar-refractivity contribution in [3.8, 4) is 0 Å². The first-order chi connectivity index (χ1) is 12.9. The summed E-state index contributed by atoms with van der Waals surface area (Å²) in [4.78, 5) is 15.2. The lowest BCUT2D eigenvalue weighted by molar-refractivity contribution is 0.484. The Labute approximate surface area is 157 Å². The van der Waals surface area contributed by atoms with Crippen LogP contribution >= 0.6 is 0 Å². The van der Waals surface area contributed by atoms with Gasteiger partial charge in [0.25, 0.3) is 5.56 Å². The molecular weight excluding hydrogens is 336 g/mol. The number of aryl methyl sites for hydroxylation is 2. The van der Waals surface area contributed by atoms with Gasteiger partial charge in [-0.2, -0.15) is 5.10 Å². The van der Waals surface area contributed by atoms with E-state index in [9.17, 15) is 4.79 Å². The molecule has 2 heterocycles. The molecule has 0 radical (unpaired) electrons. The van der Waals surface area contributed by atoms with Crippen LogP contribution < -0.4 is 11.3 Å². The number of nitrogens with one attached hydrogen (secondary N) is 1. The monoisotopic (exact) mass is 360 g/mol. The Bertz CT molecular complexity index is 1200. The standard InChI is InChI=1S/C22H24N4O/c1-4-14-11-15-9-10-16(12-18(15)24-21(14)27)22(2,23)13-19-17-7-5-6-8-20(17)26(3)25-19/h5-12H,4,13,23H2,1-3H3,(H,24,27). The molecule has 0 amide bonds. The van der Waals surface area contributed by atoms with E-state index in [0.717, 1.165) is 38.6 Å². The van der Waals surface area contributed by atoms with Crippen LogP contribution in [0.2, 0.25) is 0 Å². The molecule has 138 valence electrons. The van der Waals surface area contributed by atoms with Crippen LogP contribution in [-0.4, -0.2) is 14.8 Å². The number of nitrogens with two attached hydrogens (primary N) is 1. The van der Waals surface area contributed by atoms with Crippen molar-refractivity contribution in [3.05, 3.63) is 75.7 Å². The van der Waals surface area contributed by atoms with Gasteiger partial charge in [0.15, 0.2) is 0 Å². The molecule has 5 heteroatoms. The zero-order chi connectivity index (χ0) is 19.2. The van der Waals surface area contributed by atoms with Crippen LogP contribution in [0.5, 0.6) is 0 Å². The lowest BCUT2D eigenvalue weighted by atomic mass is 9.87. The zero-order valence-electron chi connectivity index (χ0n) is 15.9. The summed E-state index contributed by atoms with van der Waals surface area (Å²) >= 11 is 0. The number of para-hydroxylation sites is 1. The maximum absolute atomic E-state index is 12.2. The molecule has 2 aromatic carbocycles. The molecule has 0 spiro atoms. The predicted molar refractivity (Wildman–Crippen MR) is 110 cm³/mol. The van der Waals surface area contributed by atoms with Crippen molar-refractivity contribution in [2.24, 2.45) is 12.8 Å². The number of nitrogens with zero attached hydrogens (tertiary/aromatic N) is 2. The number of fused-ring (bicyclic) bond motifs is 2. The third-order valence-corrected chi connectivity index (χ3v) is 5.33. The fraction of sp³-hybridized carbons (Fsp3) is 0.273. The molecule has 1 atom stereocenters. The average Bonchev–Trinajstić information content (AvgIpc) is 2.96. The van der Waals surface area contributed by atoms with Crippen LogP contribution in [0.4, 0.5) is 0 Å². The fourth-order valence-electron chi connectivity index (χ4n) is 3.73. The smallest absolute Gasteiger partial charge is 0.251 e. The summed E-state index contributed by atoms with van der Waals surface area (Å²) in [6, 6.07) is 16.2. The summed E-state index contributed by atoms with van der Waals surface area (Å²) in [5.41, 5.74) is 10.7. The fourth-order valence-corrected chi connectivity index (χ4v) is 3.73. The molecule has 0 saturated heterocycles. The second-order valence-electron chi connectivity index (χ2n) is 7.46. The van der Waals surface area contributed by atoms with E-state index in [1.807, 2.05) is 62.0 Å². The van der Waals surface area contributed by atoms with E-state index in [1.54, 1.807) is 0 Å². The Balaban J connectivity index is 1.75. The molecule has 0 bridgehead atoms. The van der Waals surface area contributed by atoms with Crippen LogP contribution in [0, 0.1) is 0 Å². The van der Waals surface area contributed by atoms with Gasteiger partial charge in [0.1, 0.15) is 0 Å². The van der Waals surface area contributed by atoms with Gasteiger partial charge in [-0.1, -0.05) is 37.3 Å². The molecule has 0 fully saturated rings. The molecule has 3 N–H and O–H groups in total. The van der Waals surface area contributed by atoms with Crippen LogP contribution in [0.1, 0.15) is 30.7 Å². The minimum absolute atomic E-state index is 0.0309. The first-order valence-electron chi connectivity index (χ1n) is 9.25. The van der Waals surface area contributed by atoms with Gasteiger partial charge in [-0.3, -0.25) is 9.48 Å². The van der Waals surface area contributed by atoms with Gasteiger partial charge in [-0.25, -0.2) is 0 Å². The number of hydrogen-bond acceptors (Lipinski definition) is 3. The second-order valence-corrected chi connectivity index (χ2v) is 7.46. The van der Waals surface area contributed by atoms with Gasteiger partial charge in [-0.05, 0) is 42.5 Å². The molecule has 0 aliphatic rings. The van der Waals surface area contributed by atoms with Crippen molar-refractivity contribution in [2.45, 2.75) is 32.2 Å². The number of benzene rings is 2. The van der Waals surface area contributed by atoms with Crippen LogP contribution in [0.3, 0.4) is 0 Å². The lowest BCUT2D eigenvalue weighted by Crippen LogP contribution is -2.35. The number of H-pyrrole nitrogens is 1. The van der Waals surface area contributed by atoms with Crippen molar-refractivity contribution in [2.75, 3.05) is 0 Å². The average molecular weight is 360 g/mol. The number of rotatable bonds is 4.